The first-order valence-electron chi connectivity index (χ1n) is 7.16. The normalized spacial score (nSPS) is 14.4. The maximum Gasteiger partial charge on any atom is 0.407 e. The highest BCUT2D eigenvalue weighted by atomic mass is 79.9. The van der Waals surface area contributed by atoms with Crippen LogP contribution in [0.5, 0.6) is 0 Å². The lowest BCUT2D eigenvalue weighted by Crippen LogP contribution is -2.41. The summed E-state index contributed by atoms with van der Waals surface area (Å²) in [4.78, 5) is 11.6. The van der Waals surface area contributed by atoms with E-state index in [4.69, 9.17) is 4.74 Å². The summed E-state index contributed by atoms with van der Waals surface area (Å²) in [5.74, 6) is 0. The molecule has 2 N–H and O–H groups in total. The van der Waals surface area contributed by atoms with Crippen molar-refractivity contribution in [3.05, 3.63) is 34.3 Å². The Labute approximate surface area is 135 Å². The zero-order valence-corrected chi connectivity index (χ0v) is 15.0. The predicted molar refractivity (Wildman–Crippen MR) is 89.4 cm³/mol. The zero-order chi connectivity index (χ0) is 16.0. The lowest BCUT2D eigenvalue weighted by Gasteiger charge is -2.23. The number of ether oxygens (including phenoxy) is 1. The van der Waals surface area contributed by atoms with E-state index < -0.39 is 5.60 Å². The molecule has 0 bridgehead atoms. The molecule has 0 saturated carbocycles. The molecule has 1 rings (SSSR count). The van der Waals surface area contributed by atoms with Crippen molar-refractivity contribution in [1.82, 2.24) is 10.6 Å². The van der Waals surface area contributed by atoms with Crippen LogP contribution < -0.4 is 10.6 Å². The number of benzene rings is 1. The number of alkyl carbamates (subject to hydrolysis) is 1. The van der Waals surface area contributed by atoms with Crippen LogP contribution in [0.2, 0.25) is 0 Å². The number of nitrogens with one attached hydrogen (secondary N) is 2. The molecule has 1 aromatic carbocycles. The fourth-order valence-corrected chi connectivity index (χ4v) is 2.15. The van der Waals surface area contributed by atoms with Crippen LogP contribution in [0.3, 0.4) is 0 Å². The van der Waals surface area contributed by atoms with Gasteiger partial charge < -0.3 is 15.4 Å². The molecular formula is C16H25BrN2O2. The molecule has 0 aliphatic heterocycles. The molecule has 0 aliphatic carbocycles. The lowest BCUT2D eigenvalue weighted by atomic mass is 10.1. The number of halogens is 1. The second-order valence-corrected chi connectivity index (χ2v) is 7.14. The molecule has 4 nitrogen and oxygen atoms in total. The number of carbonyl (C=O) groups is 1. The van der Waals surface area contributed by atoms with Gasteiger partial charge in [-0.3, -0.25) is 0 Å². The van der Waals surface area contributed by atoms with Crippen LogP contribution in [-0.2, 0) is 4.74 Å². The number of hydrogen-bond acceptors (Lipinski definition) is 3. The minimum atomic E-state index is -0.467. The molecule has 1 aromatic rings. The highest BCUT2D eigenvalue weighted by Crippen LogP contribution is 2.16. The van der Waals surface area contributed by atoms with Gasteiger partial charge in [0.25, 0.3) is 0 Å². The molecule has 1 amide bonds. The summed E-state index contributed by atoms with van der Waals surface area (Å²) < 4.78 is 6.28. The Hall–Kier alpha value is -1.07. The van der Waals surface area contributed by atoms with Crippen molar-refractivity contribution in [2.24, 2.45) is 0 Å². The number of carbonyl (C=O) groups excluding carboxylic acids is 1. The van der Waals surface area contributed by atoms with E-state index in [1.165, 1.54) is 5.56 Å². The van der Waals surface area contributed by atoms with Gasteiger partial charge in [0.05, 0.1) is 0 Å². The minimum Gasteiger partial charge on any atom is -0.444 e. The summed E-state index contributed by atoms with van der Waals surface area (Å²) in [5, 5.41) is 6.22. The zero-order valence-electron chi connectivity index (χ0n) is 13.4. The van der Waals surface area contributed by atoms with E-state index in [9.17, 15) is 4.79 Å². The van der Waals surface area contributed by atoms with Gasteiger partial charge in [0, 0.05) is 23.1 Å². The van der Waals surface area contributed by atoms with E-state index >= 15 is 0 Å². The van der Waals surface area contributed by atoms with Gasteiger partial charge in [-0.1, -0.05) is 28.1 Å². The van der Waals surface area contributed by atoms with E-state index in [1.54, 1.807) is 0 Å². The molecule has 5 heteroatoms. The van der Waals surface area contributed by atoms with E-state index in [0.717, 1.165) is 4.47 Å². The maximum absolute atomic E-state index is 11.6. The average Bonchev–Trinajstić information content (AvgIpc) is 2.35. The first-order chi connectivity index (χ1) is 9.67. The van der Waals surface area contributed by atoms with Gasteiger partial charge in [-0.25, -0.2) is 4.79 Å². The van der Waals surface area contributed by atoms with Crippen molar-refractivity contribution in [3.8, 4) is 0 Å². The third kappa shape index (κ3) is 7.48. The van der Waals surface area contributed by atoms with Crippen LogP contribution in [0.15, 0.2) is 28.7 Å². The maximum atomic E-state index is 11.6. The lowest BCUT2D eigenvalue weighted by molar-refractivity contribution is 0.0522. The molecule has 2 unspecified atom stereocenters. The Kier molecular flexibility index (Phi) is 6.68. The Bertz CT molecular complexity index is 454. The Morgan fingerprint density at radius 2 is 1.81 bits per heavy atom. The Morgan fingerprint density at radius 1 is 1.24 bits per heavy atom. The molecule has 0 aromatic heterocycles. The monoisotopic (exact) mass is 356 g/mol. The minimum absolute atomic E-state index is 0.149. The largest absolute Gasteiger partial charge is 0.444 e. The Morgan fingerprint density at radius 3 is 2.33 bits per heavy atom. The molecule has 0 saturated heterocycles. The number of amides is 1. The van der Waals surface area contributed by atoms with Gasteiger partial charge in [-0.2, -0.15) is 0 Å². The quantitative estimate of drug-likeness (QED) is 0.837. The fourth-order valence-electron chi connectivity index (χ4n) is 1.88. The van der Waals surface area contributed by atoms with Crippen molar-refractivity contribution in [1.29, 1.82) is 0 Å². The van der Waals surface area contributed by atoms with Gasteiger partial charge in [0.2, 0.25) is 0 Å². The number of rotatable bonds is 5. The first-order valence-corrected chi connectivity index (χ1v) is 7.95. The van der Waals surface area contributed by atoms with E-state index in [-0.39, 0.29) is 18.2 Å². The van der Waals surface area contributed by atoms with Gasteiger partial charge in [-0.05, 0) is 52.3 Å². The molecule has 21 heavy (non-hydrogen) atoms. The Balaban J connectivity index is 2.38. The molecule has 0 heterocycles. The molecule has 0 aliphatic rings. The van der Waals surface area contributed by atoms with Crippen LogP contribution in [-0.4, -0.2) is 24.3 Å². The molecular weight excluding hydrogens is 332 g/mol. The topological polar surface area (TPSA) is 50.4 Å². The highest BCUT2D eigenvalue weighted by molar-refractivity contribution is 9.10. The van der Waals surface area contributed by atoms with Crippen LogP contribution in [0, 0.1) is 0 Å². The third-order valence-corrected chi connectivity index (χ3v) is 3.38. The summed E-state index contributed by atoms with van der Waals surface area (Å²) in [6.45, 7) is 10.2. The van der Waals surface area contributed by atoms with Gasteiger partial charge >= 0.3 is 6.09 Å². The first kappa shape index (κ1) is 18.0. The van der Waals surface area contributed by atoms with Crippen LogP contribution in [0.1, 0.15) is 46.2 Å². The molecule has 0 fully saturated rings. The smallest absolute Gasteiger partial charge is 0.407 e. The summed E-state index contributed by atoms with van der Waals surface area (Å²) >= 11 is 3.43. The van der Waals surface area contributed by atoms with Crippen molar-refractivity contribution in [2.75, 3.05) is 6.54 Å². The van der Waals surface area contributed by atoms with Crippen molar-refractivity contribution in [3.63, 3.8) is 0 Å². The molecule has 0 spiro atoms. The highest BCUT2D eigenvalue weighted by Gasteiger charge is 2.17. The summed E-state index contributed by atoms with van der Waals surface area (Å²) in [6.07, 6.45) is -0.382. The summed E-state index contributed by atoms with van der Waals surface area (Å²) in [5.41, 5.74) is 0.744. The van der Waals surface area contributed by atoms with Gasteiger partial charge in [-0.15, -0.1) is 0 Å². The summed E-state index contributed by atoms with van der Waals surface area (Å²) in [7, 11) is 0. The van der Waals surface area contributed by atoms with Gasteiger partial charge in [0.1, 0.15) is 5.60 Å². The van der Waals surface area contributed by atoms with Crippen LogP contribution in [0.25, 0.3) is 0 Å². The van der Waals surface area contributed by atoms with E-state index in [2.05, 4.69) is 45.6 Å². The molecule has 118 valence electrons. The van der Waals surface area contributed by atoms with E-state index in [0.29, 0.717) is 6.54 Å². The van der Waals surface area contributed by atoms with Crippen molar-refractivity contribution >= 4 is 22.0 Å². The third-order valence-electron chi connectivity index (χ3n) is 2.86. The number of hydrogen-bond donors (Lipinski definition) is 2. The second-order valence-electron chi connectivity index (χ2n) is 6.22. The molecule has 2 atom stereocenters. The van der Waals surface area contributed by atoms with Crippen molar-refractivity contribution < 1.29 is 9.53 Å². The summed E-state index contributed by atoms with van der Waals surface area (Å²) in [6, 6.07) is 8.57. The fraction of sp³-hybridized carbons (Fsp3) is 0.562. The van der Waals surface area contributed by atoms with Gasteiger partial charge in [0.15, 0.2) is 0 Å². The van der Waals surface area contributed by atoms with Crippen LogP contribution in [0.4, 0.5) is 4.79 Å². The van der Waals surface area contributed by atoms with Crippen LogP contribution >= 0.6 is 15.9 Å². The van der Waals surface area contributed by atoms with E-state index in [1.807, 2.05) is 39.8 Å². The SMILES string of the molecule is CC(CNC(=O)OC(C)(C)C)NC(C)c1ccc(Br)cc1. The average molecular weight is 357 g/mol. The second kappa shape index (κ2) is 7.80. The standard InChI is InChI=1S/C16H25BrN2O2/c1-11(10-18-15(20)21-16(3,4)5)19-12(2)13-6-8-14(17)9-7-13/h6-9,11-12,19H,10H2,1-5H3,(H,18,20). The molecule has 0 radical (unpaired) electrons. The predicted octanol–water partition coefficient (Wildman–Crippen LogP) is 4.01. The van der Waals surface area contributed by atoms with Crippen molar-refractivity contribution in [2.45, 2.75) is 52.3 Å².